The molecular formula is C13H12ClNO. The molecule has 0 atom stereocenters. The molecule has 1 aliphatic carbocycles. The fourth-order valence-electron chi connectivity index (χ4n) is 2.36. The van der Waals surface area contributed by atoms with Gasteiger partial charge in [0.05, 0.1) is 10.4 Å². The molecule has 1 aromatic carbocycles. The van der Waals surface area contributed by atoms with Crippen molar-refractivity contribution >= 4 is 28.8 Å². The van der Waals surface area contributed by atoms with E-state index in [9.17, 15) is 4.79 Å². The molecule has 3 heteroatoms. The highest BCUT2D eigenvalue weighted by Gasteiger charge is 2.46. The first-order valence-corrected chi connectivity index (χ1v) is 5.76. The number of aldehydes is 1. The lowest BCUT2D eigenvalue weighted by Crippen LogP contribution is -2.06. The molecule has 0 aliphatic heterocycles. The van der Waals surface area contributed by atoms with Crippen molar-refractivity contribution < 1.29 is 4.79 Å². The summed E-state index contributed by atoms with van der Waals surface area (Å²) in [5.74, 6) is 0. The van der Waals surface area contributed by atoms with Gasteiger partial charge in [-0.15, -0.1) is 0 Å². The second kappa shape index (κ2) is 3.11. The van der Waals surface area contributed by atoms with Crippen molar-refractivity contribution in [3.05, 3.63) is 35.0 Å². The SMILES string of the molecule is Cn1cc(C2(C=O)CC2)c2c(Cl)cccc21. The van der Waals surface area contributed by atoms with Crippen LogP contribution in [0, 0.1) is 0 Å². The van der Waals surface area contributed by atoms with Crippen LogP contribution in [0.25, 0.3) is 10.9 Å². The molecule has 1 saturated carbocycles. The van der Waals surface area contributed by atoms with Gasteiger partial charge in [0.15, 0.2) is 0 Å². The highest BCUT2D eigenvalue weighted by Crippen LogP contribution is 2.50. The van der Waals surface area contributed by atoms with E-state index in [1.165, 1.54) is 0 Å². The topological polar surface area (TPSA) is 22.0 Å². The number of aryl methyl sites for hydroxylation is 1. The van der Waals surface area contributed by atoms with E-state index in [0.717, 1.165) is 40.6 Å². The van der Waals surface area contributed by atoms with Gasteiger partial charge in [0.2, 0.25) is 0 Å². The van der Waals surface area contributed by atoms with Crippen LogP contribution in [0.4, 0.5) is 0 Å². The maximum Gasteiger partial charge on any atom is 0.130 e. The summed E-state index contributed by atoms with van der Waals surface area (Å²) in [5.41, 5.74) is 1.92. The molecule has 16 heavy (non-hydrogen) atoms. The van der Waals surface area contributed by atoms with Gasteiger partial charge in [0.25, 0.3) is 0 Å². The normalized spacial score (nSPS) is 17.6. The molecule has 3 rings (SSSR count). The summed E-state index contributed by atoms with van der Waals surface area (Å²) >= 11 is 6.24. The third-order valence-electron chi connectivity index (χ3n) is 3.51. The number of hydrogen-bond acceptors (Lipinski definition) is 1. The molecule has 2 nitrogen and oxygen atoms in total. The molecule has 1 aliphatic rings. The molecule has 1 heterocycles. The maximum absolute atomic E-state index is 11.2. The molecule has 2 aromatic rings. The van der Waals surface area contributed by atoms with E-state index in [1.807, 2.05) is 36.0 Å². The maximum atomic E-state index is 11.2. The molecule has 0 amide bonds. The Kier molecular flexibility index (Phi) is 1.93. The van der Waals surface area contributed by atoms with Gasteiger partial charge in [-0.05, 0) is 30.5 Å². The molecule has 0 unspecified atom stereocenters. The van der Waals surface area contributed by atoms with Crippen LogP contribution >= 0.6 is 11.6 Å². The Balaban J connectivity index is 2.38. The lowest BCUT2D eigenvalue weighted by atomic mass is 9.97. The van der Waals surface area contributed by atoms with Crippen LogP contribution in [0.3, 0.4) is 0 Å². The van der Waals surface area contributed by atoms with Gasteiger partial charge in [0, 0.05) is 24.1 Å². The van der Waals surface area contributed by atoms with Crippen LogP contribution in [0.1, 0.15) is 18.4 Å². The Hall–Kier alpha value is -1.28. The lowest BCUT2D eigenvalue weighted by molar-refractivity contribution is -0.109. The first-order chi connectivity index (χ1) is 7.68. The van der Waals surface area contributed by atoms with Gasteiger partial charge >= 0.3 is 0 Å². The third kappa shape index (κ3) is 1.17. The average molecular weight is 234 g/mol. The Labute approximate surface area is 98.8 Å². The first-order valence-electron chi connectivity index (χ1n) is 5.38. The minimum atomic E-state index is -0.259. The number of carbonyl (C=O) groups is 1. The molecule has 0 N–H and O–H groups in total. The Bertz CT molecular complexity index is 581. The zero-order chi connectivity index (χ0) is 11.3. The van der Waals surface area contributed by atoms with E-state index in [4.69, 9.17) is 11.6 Å². The monoisotopic (exact) mass is 233 g/mol. The van der Waals surface area contributed by atoms with Crippen molar-refractivity contribution in [1.29, 1.82) is 0 Å². The van der Waals surface area contributed by atoms with Crippen molar-refractivity contribution in [2.45, 2.75) is 18.3 Å². The van der Waals surface area contributed by atoms with Gasteiger partial charge in [-0.1, -0.05) is 17.7 Å². The molecule has 0 spiro atoms. The van der Waals surface area contributed by atoms with E-state index in [0.29, 0.717) is 0 Å². The van der Waals surface area contributed by atoms with Crippen LogP contribution in [-0.4, -0.2) is 10.9 Å². The quantitative estimate of drug-likeness (QED) is 0.731. The summed E-state index contributed by atoms with van der Waals surface area (Å²) in [6.07, 6.45) is 5.00. The minimum absolute atomic E-state index is 0.259. The van der Waals surface area contributed by atoms with Crippen molar-refractivity contribution in [2.24, 2.45) is 7.05 Å². The molecule has 1 fully saturated rings. The summed E-state index contributed by atoms with van der Waals surface area (Å²) < 4.78 is 2.04. The number of rotatable bonds is 2. The summed E-state index contributed by atoms with van der Waals surface area (Å²) in [7, 11) is 1.99. The molecule has 0 bridgehead atoms. The largest absolute Gasteiger partial charge is 0.350 e. The smallest absolute Gasteiger partial charge is 0.130 e. The van der Waals surface area contributed by atoms with Crippen LogP contribution < -0.4 is 0 Å². The number of benzene rings is 1. The number of carbonyl (C=O) groups excluding carboxylic acids is 1. The summed E-state index contributed by atoms with van der Waals surface area (Å²) in [4.78, 5) is 11.2. The van der Waals surface area contributed by atoms with Crippen molar-refractivity contribution in [1.82, 2.24) is 4.57 Å². The number of aromatic nitrogens is 1. The fraction of sp³-hybridized carbons (Fsp3) is 0.308. The van der Waals surface area contributed by atoms with E-state index < -0.39 is 0 Å². The summed E-state index contributed by atoms with van der Waals surface area (Å²) in [6, 6.07) is 5.86. The van der Waals surface area contributed by atoms with Crippen LogP contribution in [-0.2, 0) is 17.3 Å². The highest BCUT2D eigenvalue weighted by molar-refractivity contribution is 6.35. The van der Waals surface area contributed by atoms with E-state index >= 15 is 0 Å². The average Bonchev–Trinajstić information content (AvgIpc) is 3.00. The van der Waals surface area contributed by atoms with Crippen molar-refractivity contribution in [3.8, 4) is 0 Å². The lowest BCUT2D eigenvalue weighted by Gasteiger charge is -2.05. The van der Waals surface area contributed by atoms with Crippen molar-refractivity contribution in [2.75, 3.05) is 0 Å². The second-order valence-electron chi connectivity index (χ2n) is 4.56. The summed E-state index contributed by atoms with van der Waals surface area (Å²) in [5, 5.41) is 1.78. The van der Waals surface area contributed by atoms with Gasteiger partial charge < -0.3 is 9.36 Å². The second-order valence-corrected chi connectivity index (χ2v) is 4.97. The Morgan fingerprint density at radius 3 is 2.81 bits per heavy atom. The third-order valence-corrected chi connectivity index (χ3v) is 3.83. The van der Waals surface area contributed by atoms with Gasteiger partial charge in [-0.3, -0.25) is 0 Å². The van der Waals surface area contributed by atoms with Crippen LogP contribution in [0.5, 0.6) is 0 Å². The standard InChI is InChI=1S/C13H12ClNO/c1-15-7-9(13(8-16)5-6-13)12-10(14)3-2-4-11(12)15/h2-4,7-8H,5-6H2,1H3. The van der Waals surface area contributed by atoms with Crippen LogP contribution in [0.2, 0.25) is 5.02 Å². The molecule has 0 saturated heterocycles. The number of nitrogens with zero attached hydrogens (tertiary/aromatic N) is 1. The first kappa shape index (κ1) is 9.91. The minimum Gasteiger partial charge on any atom is -0.350 e. The highest BCUT2D eigenvalue weighted by atomic mass is 35.5. The zero-order valence-electron chi connectivity index (χ0n) is 9.03. The van der Waals surface area contributed by atoms with E-state index in [-0.39, 0.29) is 5.41 Å². The van der Waals surface area contributed by atoms with Crippen molar-refractivity contribution in [3.63, 3.8) is 0 Å². The van der Waals surface area contributed by atoms with Gasteiger partial charge in [-0.25, -0.2) is 0 Å². The number of halogens is 1. The van der Waals surface area contributed by atoms with Gasteiger partial charge in [-0.2, -0.15) is 0 Å². The van der Waals surface area contributed by atoms with Crippen LogP contribution in [0.15, 0.2) is 24.4 Å². The Morgan fingerprint density at radius 1 is 1.44 bits per heavy atom. The van der Waals surface area contributed by atoms with E-state index in [1.54, 1.807) is 0 Å². The fourth-order valence-corrected chi connectivity index (χ4v) is 2.64. The molecule has 82 valence electrons. The predicted octanol–water partition coefficient (Wildman–Crippen LogP) is 3.06. The predicted molar refractivity (Wildman–Crippen MR) is 64.9 cm³/mol. The van der Waals surface area contributed by atoms with E-state index in [2.05, 4.69) is 0 Å². The molecule has 0 radical (unpaired) electrons. The van der Waals surface area contributed by atoms with Gasteiger partial charge in [0.1, 0.15) is 6.29 Å². The number of hydrogen-bond donors (Lipinski definition) is 0. The zero-order valence-corrected chi connectivity index (χ0v) is 9.79. The number of fused-ring (bicyclic) bond motifs is 1. The Morgan fingerprint density at radius 2 is 2.19 bits per heavy atom. The summed E-state index contributed by atoms with van der Waals surface area (Å²) in [6.45, 7) is 0. The molecule has 1 aromatic heterocycles. The molecular weight excluding hydrogens is 222 g/mol.